The first-order valence-corrected chi connectivity index (χ1v) is 9.72. The van der Waals surface area contributed by atoms with E-state index in [0.29, 0.717) is 11.5 Å². The molecule has 140 valence electrons. The predicted molar refractivity (Wildman–Crippen MR) is 108 cm³/mol. The Morgan fingerprint density at radius 2 is 1.14 bits per heavy atom. The van der Waals surface area contributed by atoms with Crippen LogP contribution in [-0.4, -0.2) is 28.8 Å². The molecular weight excluding hydrogens is 415 g/mol. The van der Waals surface area contributed by atoms with Gasteiger partial charge in [-0.25, -0.2) is 0 Å². The van der Waals surface area contributed by atoms with Gasteiger partial charge in [-0.2, -0.15) is 0 Å². The fourth-order valence-electron chi connectivity index (χ4n) is 3.07. The van der Waals surface area contributed by atoms with Crippen molar-refractivity contribution in [2.45, 2.75) is 19.8 Å². The molecule has 0 aliphatic rings. The molecule has 4 nitrogen and oxygen atoms in total. The number of hydrogen-bond acceptors (Lipinski definition) is 4. The molecule has 0 N–H and O–H groups in total. The van der Waals surface area contributed by atoms with Gasteiger partial charge < -0.3 is 0 Å². The molecule has 0 aliphatic heterocycles. The van der Waals surface area contributed by atoms with Crippen molar-refractivity contribution in [3.8, 4) is 11.5 Å². The average molecular weight is 434 g/mol. The maximum absolute atomic E-state index is 11.2. The van der Waals surface area contributed by atoms with Gasteiger partial charge in [0, 0.05) is 0 Å². The molecule has 0 saturated carbocycles. The summed E-state index contributed by atoms with van der Waals surface area (Å²) in [7, 11) is 0. The Morgan fingerprint density at radius 1 is 0.714 bits per heavy atom. The van der Waals surface area contributed by atoms with Crippen molar-refractivity contribution < 1.29 is 19.1 Å². The van der Waals surface area contributed by atoms with Crippen molar-refractivity contribution in [1.82, 2.24) is 0 Å². The molecule has 0 spiro atoms. The fourth-order valence-corrected chi connectivity index (χ4v) is 3.68. The van der Waals surface area contributed by atoms with Crippen molar-refractivity contribution in [2.24, 2.45) is 0 Å². The van der Waals surface area contributed by atoms with Gasteiger partial charge in [0.25, 0.3) is 0 Å². The minimum atomic E-state index is -0.346. The van der Waals surface area contributed by atoms with Gasteiger partial charge in [0.1, 0.15) is 0 Å². The van der Waals surface area contributed by atoms with Crippen LogP contribution in [0.4, 0.5) is 0 Å². The second-order valence-corrected chi connectivity index (χ2v) is 7.33. The molecule has 0 aromatic heterocycles. The van der Waals surface area contributed by atoms with Crippen LogP contribution in [-0.2, 0) is 9.59 Å². The molecule has 0 bridgehead atoms. The summed E-state index contributed by atoms with van der Waals surface area (Å²) < 4.78 is 11.4. The van der Waals surface area contributed by atoms with E-state index in [0.717, 1.165) is 21.0 Å². The van der Waals surface area contributed by atoms with Gasteiger partial charge in [0.05, 0.1) is 0 Å². The van der Waals surface area contributed by atoms with Crippen molar-refractivity contribution >= 4 is 33.1 Å². The average Bonchev–Trinajstić information content (AvgIpc) is 2.65. The van der Waals surface area contributed by atoms with Crippen molar-refractivity contribution in [3.63, 3.8) is 0 Å². The van der Waals surface area contributed by atoms with E-state index < -0.39 is 0 Å². The van der Waals surface area contributed by atoms with Gasteiger partial charge in [-0.05, 0) is 0 Å². The summed E-state index contributed by atoms with van der Waals surface area (Å²) >= 11 is 2.61. The van der Waals surface area contributed by atoms with E-state index in [-0.39, 0.29) is 17.9 Å². The fraction of sp³-hybridized carbons (Fsp3) is 0.130. The van der Waals surface area contributed by atoms with Crippen LogP contribution in [0.3, 0.4) is 0 Å². The second-order valence-electron chi connectivity index (χ2n) is 6.32. The molecule has 0 atom stereocenters. The summed E-state index contributed by atoms with van der Waals surface area (Å²) in [6.45, 7) is 2.76. The monoisotopic (exact) mass is 434 g/mol. The van der Waals surface area contributed by atoms with Crippen molar-refractivity contribution in [1.29, 1.82) is 0 Å². The quantitative estimate of drug-likeness (QED) is 0.267. The van der Waals surface area contributed by atoms with Crippen LogP contribution in [0.5, 0.6) is 11.5 Å². The second kappa shape index (κ2) is 8.90. The molecular formula is C23H19AsO4. The normalized spacial score (nSPS) is 10.6. The molecule has 0 aliphatic carbocycles. The summed E-state index contributed by atoms with van der Waals surface area (Å²) in [4.78, 5) is 22.3. The zero-order valence-electron chi connectivity index (χ0n) is 15.6. The van der Waals surface area contributed by atoms with Gasteiger partial charge in [-0.1, -0.05) is 0 Å². The molecule has 3 rings (SSSR count). The van der Waals surface area contributed by atoms with E-state index in [2.05, 4.69) is 29.0 Å². The molecule has 0 saturated heterocycles. The zero-order chi connectivity index (χ0) is 20.1. The summed E-state index contributed by atoms with van der Waals surface area (Å²) in [5, 5.41) is 0. The molecule has 0 fully saturated rings. The molecule has 0 unspecified atom stereocenters. The summed E-state index contributed by atoms with van der Waals surface area (Å²) in [5.74, 6) is 0.321. The first-order valence-electron chi connectivity index (χ1n) is 8.78. The predicted octanol–water partition coefficient (Wildman–Crippen LogP) is 3.51. The Bertz CT molecular complexity index is 919. The summed E-state index contributed by atoms with van der Waals surface area (Å²) in [5.41, 5.74) is 3.28. The third kappa shape index (κ3) is 4.90. The number of carbonyl (C=O) groups is 2. The molecule has 0 amide bonds. The Morgan fingerprint density at radius 3 is 1.54 bits per heavy atom. The number of carbonyl (C=O) groups excluding carboxylic acids is 2. The molecule has 5 heteroatoms. The van der Waals surface area contributed by atoms with E-state index in [1.54, 1.807) is 24.3 Å². The van der Waals surface area contributed by atoms with E-state index in [1.165, 1.54) is 13.8 Å². The van der Waals surface area contributed by atoms with Gasteiger partial charge in [-0.15, -0.1) is 0 Å². The van der Waals surface area contributed by atoms with E-state index >= 15 is 0 Å². The zero-order valence-corrected chi connectivity index (χ0v) is 17.5. The van der Waals surface area contributed by atoms with Crippen LogP contribution >= 0.6 is 0 Å². The Kier molecular flexibility index (Phi) is 6.33. The number of ether oxygens (including phenoxy) is 2. The first kappa shape index (κ1) is 19.9. The number of hydrogen-bond donors (Lipinski definition) is 0. The van der Waals surface area contributed by atoms with Gasteiger partial charge in [0.15, 0.2) is 0 Å². The van der Waals surface area contributed by atoms with E-state index in [9.17, 15) is 9.59 Å². The van der Waals surface area contributed by atoms with Crippen LogP contribution in [0.1, 0.15) is 36.5 Å². The van der Waals surface area contributed by atoms with Gasteiger partial charge in [-0.3, -0.25) is 0 Å². The van der Waals surface area contributed by atoms with E-state index in [1.807, 2.05) is 36.4 Å². The Labute approximate surface area is 173 Å². The molecule has 0 heterocycles. The van der Waals surface area contributed by atoms with Crippen LogP contribution in [0.15, 0.2) is 72.8 Å². The Hall–Kier alpha value is -2.84. The number of benzene rings is 3. The standard InChI is InChI=1S/C23H19AsO4/c1-15(25)27-19-11-7-17(8-12-19)23(21-5-3-4-6-22(21)24)18-9-13-20(14-10-18)28-16(2)26/h3-14,23H,1-2H3. The van der Waals surface area contributed by atoms with Gasteiger partial charge >= 0.3 is 173 Å². The molecule has 3 aromatic rings. The number of esters is 2. The van der Waals surface area contributed by atoms with Crippen LogP contribution in [0.2, 0.25) is 0 Å². The van der Waals surface area contributed by atoms with Crippen molar-refractivity contribution in [2.75, 3.05) is 0 Å². The summed E-state index contributed by atoms with van der Waals surface area (Å²) in [6, 6.07) is 23.2. The third-order valence-corrected chi connectivity index (χ3v) is 5.05. The van der Waals surface area contributed by atoms with Crippen molar-refractivity contribution in [3.05, 3.63) is 89.5 Å². The Balaban J connectivity index is 2.02. The topological polar surface area (TPSA) is 52.6 Å². The number of rotatable bonds is 5. The molecule has 3 aromatic carbocycles. The SMILES string of the molecule is CC(=O)Oc1ccc(C(c2ccc(OC(C)=O)cc2)c2ccccc2[As])cc1. The maximum atomic E-state index is 11.2. The molecule has 2 radical (unpaired) electrons. The minimum absolute atomic E-state index is 0.0166. The summed E-state index contributed by atoms with van der Waals surface area (Å²) in [6.07, 6.45) is 0. The molecule has 28 heavy (non-hydrogen) atoms. The van der Waals surface area contributed by atoms with Crippen LogP contribution < -0.4 is 13.8 Å². The van der Waals surface area contributed by atoms with Crippen LogP contribution in [0, 0.1) is 0 Å². The third-order valence-electron chi connectivity index (χ3n) is 4.20. The first-order chi connectivity index (χ1) is 13.4. The van der Waals surface area contributed by atoms with E-state index in [4.69, 9.17) is 9.47 Å². The van der Waals surface area contributed by atoms with Gasteiger partial charge in [0.2, 0.25) is 0 Å². The van der Waals surface area contributed by atoms with Crippen LogP contribution in [0.25, 0.3) is 0 Å².